The molecule has 0 spiro atoms. The molecule has 3 amide bonds. The van der Waals surface area contributed by atoms with Gasteiger partial charge < -0.3 is 42.0 Å². The first kappa shape index (κ1) is 27.5. The Morgan fingerprint density at radius 2 is 1.67 bits per heavy atom. The summed E-state index contributed by atoms with van der Waals surface area (Å²) in [6.45, 7) is 2.53. The zero-order valence-corrected chi connectivity index (χ0v) is 18.3. The summed E-state index contributed by atoms with van der Waals surface area (Å²) >= 11 is 0. The third-order valence-corrected chi connectivity index (χ3v) is 4.65. The Kier molecular flexibility index (Phi) is 10.9. The van der Waals surface area contributed by atoms with Crippen molar-refractivity contribution in [2.75, 3.05) is 6.61 Å². The van der Waals surface area contributed by atoms with Gasteiger partial charge in [0.25, 0.3) is 0 Å². The summed E-state index contributed by atoms with van der Waals surface area (Å²) < 4.78 is 0. The van der Waals surface area contributed by atoms with Gasteiger partial charge in [0, 0.05) is 24.7 Å². The highest BCUT2D eigenvalue weighted by molar-refractivity contribution is 5.94. The predicted molar refractivity (Wildman–Crippen MR) is 112 cm³/mol. The highest BCUT2D eigenvalue weighted by Gasteiger charge is 2.32. The highest BCUT2D eigenvalue weighted by atomic mass is 16.4. The van der Waals surface area contributed by atoms with Gasteiger partial charge in [-0.05, 0) is 12.3 Å². The standard InChI is InChI=1S/C19H30N6O8/c1-9(2)15(18(31)24-13(19(32)33)5-10-6-21-8-22-10)25-17(30)12(3-4-14(27)28)23-16(29)11(20)7-26/h6,8-9,11-13,15,26H,3-5,7,20H2,1-2H3,(H,21,22)(H,23,29)(H,24,31)(H,25,30)(H,27,28)(H,32,33). The van der Waals surface area contributed by atoms with Crippen molar-refractivity contribution in [3.8, 4) is 0 Å². The number of rotatable bonds is 14. The quantitative estimate of drug-likeness (QED) is 0.140. The van der Waals surface area contributed by atoms with Gasteiger partial charge in [-0.1, -0.05) is 13.8 Å². The second kappa shape index (κ2) is 13.1. The van der Waals surface area contributed by atoms with Crippen molar-refractivity contribution >= 4 is 29.7 Å². The average Bonchev–Trinajstić information content (AvgIpc) is 3.25. The number of aliphatic hydroxyl groups excluding tert-OH is 1. The fraction of sp³-hybridized carbons (Fsp3) is 0.579. The molecule has 0 bridgehead atoms. The molecule has 0 saturated heterocycles. The molecule has 4 atom stereocenters. The van der Waals surface area contributed by atoms with Gasteiger partial charge in [0.1, 0.15) is 24.2 Å². The van der Waals surface area contributed by atoms with Crippen molar-refractivity contribution in [3.63, 3.8) is 0 Å². The third kappa shape index (κ3) is 9.24. The van der Waals surface area contributed by atoms with Gasteiger partial charge in [-0.25, -0.2) is 9.78 Å². The normalized spacial score (nSPS) is 14.6. The number of aliphatic hydroxyl groups is 1. The van der Waals surface area contributed by atoms with Crippen molar-refractivity contribution in [1.82, 2.24) is 25.9 Å². The van der Waals surface area contributed by atoms with Gasteiger partial charge in [-0.3, -0.25) is 19.2 Å². The third-order valence-electron chi connectivity index (χ3n) is 4.65. The zero-order valence-electron chi connectivity index (χ0n) is 18.3. The lowest BCUT2D eigenvalue weighted by atomic mass is 10.0. The maximum absolute atomic E-state index is 12.8. The number of aliphatic carboxylic acids is 2. The average molecular weight is 470 g/mol. The largest absolute Gasteiger partial charge is 0.481 e. The minimum Gasteiger partial charge on any atom is -0.481 e. The van der Waals surface area contributed by atoms with E-state index < -0.39 is 72.8 Å². The van der Waals surface area contributed by atoms with Gasteiger partial charge in [0.15, 0.2) is 0 Å². The van der Waals surface area contributed by atoms with E-state index in [2.05, 4.69) is 25.9 Å². The molecule has 0 aliphatic heterocycles. The van der Waals surface area contributed by atoms with Crippen molar-refractivity contribution in [2.24, 2.45) is 11.7 Å². The van der Waals surface area contributed by atoms with Crippen LogP contribution < -0.4 is 21.7 Å². The Bertz CT molecular complexity index is 828. The van der Waals surface area contributed by atoms with E-state index in [1.165, 1.54) is 12.5 Å². The molecule has 1 aromatic rings. The first-order valence-corrected chi connectivity index (χ1v) is 10.2. The lowest BCUT2D eigenvalue weighted by Gasteiger charge is -2.26. The van der Waals surface area contributed by atoms with Crippen LogP contribution in [0.5, 0.6) is 0 Å². The minimum absolute atomic E-state index is 0.0732. The summed E-state index contributed by atoms with van der Waals surface area (Å²) in [5.41, 5.74) is 5.90. The molecule has 0 fully saturated rings. The minimum atomic E-state index is -1.35. The molecule has 0 radical (unpaired) electrons. The van der Waals surface area contributed by atoms with Crippen molar-refractivity contribution < 1.29 is 39.3 Å². The molecule has 0 aliphatic rings. The number of aromatic amines is 1. The SMILES string of the molecule is CC(C)C(NC(=O)C(CCC(=O)O)NC(=O)C(N)CO)C(=O)NC(Cc1cnc[nH]1)C(=O)O. The molecule has 1 aromatic heterocycles. The number of hydrogen-bond acceptors (Lipinski definition) is 8. The number of hydrogen-bond donors (Lipinski definition) is 8. The Balaban J connectivity index is 2.94. The first-order valence-electron chi connectivity index (χ1n) is 10.2. The number of carbonyl (C=O) groups excluding carboxylic acids is 3. The summed E-state index contributed by atoms with van der Waals surface area (Å²) in [5.74, 6) is -5.50. The zero-order chi connectivity index (χ0) is 25.1. The molecular formula is C19H30N6O8. The van der Waals surface area contributed by atoms with E-state index in [1.807, 2.05) is 0 Å². The van der Waals surface area contributed by atoms with Gasteiger partial charge >= 0.3 is 11.9 Å². The number of H-pyrrole nitrogens is 1. The molecule has 9 N–H and O–H groups in total. The molecule has 14 heteroatoms. The van der Waals surface area contributed by atoms with Crippen LogP contribution in [-0.2, 0) is 30.4 Å². The first-order chi connectivity index (χ1) is 15.5. The molecule has 0 aromatic carbocycles. The maximum atomic E-state index is 12.8. The summed E-state index contributed by atoms with van der Waals surface area (Å²) in [6.07, 6.45) is 1.94. The Morgan fingerprint density at radius 3 is 2.15 bits per heavy atom. The second-order valence-corrected chi connectivity index (χ2v) is 7.69. The fourth-order valence-corrected chi connectivity index (χ4v) is 2.76. The topological polar surface area (TPSA) is 237 Å². The molecule has 1 rings (SSSR count). The van der Waals surface area contributed by atoms with Crippen LogP contribution in [0.4, 0.5) is 0 Å². The van der Waals surface area contributed by atoms with Crippen LogP contribution in [0.1, 0.15) is 32.4 Å². The summed E-state index contributed by atoms with van der Waals surface area (Å²) in [4.78, 5) is 66.6. The van der Waals surface area contributed by atoms with E-state index in [0.29, 0.717) is 5.69 Å². The van der Waals surface area contributed by atoms with E-state index in [1.54, 1.807) is 13.8 Å². The fourth-order valence-electron chi connectivity index (χ4n) is 2.76. The number of nitrogens with two attached hydrogens (primary N) is 1. The number of aromatic nitrogens is 2. The van der Waals surface area contributed by atoms with Gasteiger partial charge in [0.2, 0.25) is 17.7 Å². The molecule has 184 valence electrons. The number of nitrogens with one attached hydrogen (secondary N) is 4. The van der Waals surface area contributed by atoms with Gasteiger partial charge in [-0.15, -0.1) is 0 Å². The van der Waals surface area contributed by atoms with Crippen molar-refractivity contribution in [1.29, 1.82) is 0 Å². The molecule has 1 heterocycles. The van der Waals surface area contributed by atoms with Crippen molar-refractivity contribution in [3.05, 3.63) is 18.2 Å². The number of carboxylic acid groups (broad SMARTS) is 2. The Labute approximate surface area is 189 Å². The molecule has 0 saturated carbocycles. The molecule has 4 unspecified atom stereocenters. The van der Waals surface area contributed by atoms with Gasteiger partial charge in [0.05, 0.1) is 12.9 Å². The number of nitrogens with zero attached hydrogens (tertiary/aromatic N) is 1. The molecular weight excluding hydrogens is 440 g/mol. The van der Waals surface area contributed by atoms with Crippen LogP contribution in [-0.4, -0.2) is 85.7 Å². The Hall–Kier alpha value is -3.52. The van der Waals surface area contributed by atoms with E-state index in [4.69, 9.17) is 15.9 Å². The van der Waals surface area contributed by atoms with E-state index in [9.17, 15) is 29.1 Å². The monoisotopic (exact) mass is 470 g/mol. The number of carbonyl (C=O) groups is 5. The summed E-state index contributed by atoms with van der Waals surface area (Å²) in [7, 11) is 0. The highest BCUT2D eigenvalue weighted by Crippen LogP contribution is 2.07. The Morgan fingerprint density at radius 1 is 1.03 bits per heavy atom. The van der Waals surface area contributed by atoms with Crippen LogP contribution in [0.3, 0.4) is 0 Å². The molecule has 33 heavy (non-hydrogen) atoms. The maximum Gasteiger partial charge on any atom is 0.326 e. The number of imidazole rings is 1. The van der Waals surface area contributed by atoms with E-state index in [0.717, 1.165) is 0 Å². The van der Waals surface area contributed by atoms with Crippen LogP contribution in [0.15, 0.2) is 12.5 Å². The predicted octanol–water partition coefficient (Wildman–Crippen LogP) is -2.67. The summed E-state index contributed by atoms with van der Waals surface area (Å²) in [5, 5.41) is 34.4. The van der Waals surface area contributed by atoms with E-state index in [-0.39, 0.29) is 12.8 Å². The van der Waals surface area contributed by atoms with Crippen molar-refractivity contribution in [2.45, 2.75) is 57.3 Å². The van der Waals surface area contributed by atoms with Crippen LogP contribution in [0.25, 0.3) is 0 Å². The number of carboxylic acids is 2. The summed E-state index contributed by atoms with van der Waals surface area (Å²) in [6, 6.07) is -5.16. The number of amides is 3. The smallest absolute Gasteiger partial charge is 0.326 e. The molecule has 0 aliphatic carbocycles. The lowest BCUT2D eigenvalue weighted by Crippen LogP contribution is -2.58. The second-order valence-electron chi connectivity index (χ2n) is 7.69. The van der Waals surface area contributed by atoms with Crippen LogP contribution in [0.2, 0.25) is 0 Å². The lowest BCUT2D eigenvalue weighted by molar-refractivity contribution is -0.142. The van der Waals surface area contributed by atoms with Crippen LogP contribution >= 0.6 is 0 Å². The van der Waals surface area contributed by atoms with Gasteiger partial charge in [-0.2, -0.15) is 0 Å². The van der Waals surface area contributed by atoms with Crippen LogP contribution in [0, 0.1) is 5.92 Å². The van der Waals surface area contributed by atoms with E-state index >= 15 is 0 Å². The molecule has 14 nitrogen and oxygen atoms in total.